The molecule has 0 radical (unpaired) electrons. The molecule has 8 heteroatoms. The van der Waals surface area contributed by atoms with Crippen molar-refractivity contribution >= 4 is 35.2 Å². The van der Waals surface area contributed by atoms with Crippen molar-refractivity contribution in [2.75, 3.05) is 39.3 Å². The molecule has 0 heterocycles. The van der Waals surface area contributed by atoms with Crippen LogP contribution in [-0.2, 0) is 9.53 Å². The quantitative estimate of drug-likeness (QED) is 0.399. The van der Waals surface area contributed by atoms with Gasteiger partial charge in [0.15, 0.2) is 11.5 Å². The lowest BCUT2D eigenvalue weighted by atomic mass is 10.1. The van der Waals surface area contributed by atoms with Gasteiger partial charge in [0.25, 0.3) is 5.91 Å². The third-order valence-electron chi connectivity index (χ3n) is 4.15. The molecule has 31 heavy (non-hydrogen) atoms. The normalized spacial score (nSPS) is 10.7. The first-order chi connectivity index (χ1) is 15.0. The highest BCUT2D eigenvalue weighted by atomic mass is 35.5. The summed E-state index contributed by atoms with van der Waals surface area (Å²) in [4.78, 5) is 24.8. The third kappa shape index (κ3) is 7.31. The second kappa shape index (κ2) is 12.6. The van der Waals surface area contributed by atoms with Crippen molar-refractivity contribution in [1.82, 2.24) is 5.32 Å². The number of ether oxygens (including phenoxy) is 3. The Hall–Kier alpha value is -3.03. The van der Waals surface area contributed by atoms with Crippen LogP contribution in [0.25, 0.3) is 6.08 Å². The Morgan fingerprint density at radius 2 is 1.90 bits per heavy atom. The Bertz CT molecular complexity index is 930. The van der Waals surface area contributed by atoms with E-state index < -0.39 is 5.91 Å². The minimum atomic E-state index is -0.390. The summed E-state index contributed by atoms with van der Waals surface area (Å²) < 4.78 is 15.9. The smallest absolute Gasteiger partial charge is 0.253 e. The number of anilines is 1. The predicted molar refractivity (Wildman–Crippen MR) is 122 cm³/mol. The second-order valence-electron chi connectivity index (χ2n) is 6.50. The summed E-state index contributed by atoms with van der Waals surface area (Å²) in [5.74, 6) is 0.273. The number of amides is 2. The zero-order valence-corrected chi connectivity index (χ0v) is 18.6. The highest BCUT2D eigenvalue weighted by molar-refractivity contribution is 6.32. The lowest BCUT2D eigenvalue weighted by Gasteiger charge is -2.12. The number of carbonyl (C=O) groups is 2. The summed E-state index contributed by atoms with van der Waals surface area (Å²) in [6.45, 7) is 3.29. The average Bonchev–Trinajstić information content (AvgIpc) is 2.77. The predicted octanol–water partition coefficient (Wildman–Crippen LogP) is 4.17. The van der Waals surface area contributed by atoms with Crippen molar-refractivity contribution in [3.8, 4) is 11.5 Å². The molecule has 7 nitrogen and oxygen atoms in total. The van der Waals surface area contributed by atoms with Crippen LogP contribution in [0.2, 0.25) is 5.02 Å². The highest BCUT2D eigenvalue weighted by Gasteiger charge is 2.13. The van der Waals surface area contributed by atoms with Crippen molar-refractivity contribution in [2.45, 2.75) is 13.3 Å². The number of hydrogen-bond acceptors (Lipinski definition) is 5. The molecule has 0 spiro atoms. The van der Waals surface area contributed by atoms with Crippen molar-refractivity contribution in [3.63, 3.8) is 0 Å². The number of nitrogens with one attached hydrogen (secondary N) is 2. The van der Waals surface area contributed by atoms with Crippen molar-refractivity contribution in [3.05, 3.63) is 58.6 Å². The number of carbonyl (C=O) groups excluding carboxylic acids is 2. The third-order valence-corrected chi connectivity index (χ3v) is 4.43. The van der Waals surface area contributed by atoms with Crippen LogP contribution in [0.1, 0.15) is 29.3 Å². The highest BCUT2D eigenvalue weighted by Crippen LogP contribution is 2.36. The van der Waals surface area contributed by atoms with Crippen LogP contribution >= 0.6 is 11.6 Å². The van der Waals surface area contributed by atoms with Crippen LogP contribution < -0.4 is 20.1 Å². The Balaban J connectivity index is 2.11. The number of benzene rings is 2. The molecular weight excluding hydrogens is 420 g/mol. The monoisotopic (exact) mass is 446 g/mol. The molecule has 0 saturated carbocycles. The molecule has 0 unspecified atom stereocenters. The zero-order chi connectivity index (χ0) is 22.6. The van der Waals surface area contributed by atoms with E-state index in [1.54, 1.807) is 49.6 Å². The van der Waals surface area contributed by atoms with Gasteiger partial charge in [-0.15, -0.1) is 0 Å². The maximum absolute atomic E-state index is 12.4. The zero-order valence-electron chi connectivity index (χ0n) is 17.9. The summed E-state index contributed by atoms with van der Waals surface area (Å²) in [6, 6.07) is 10.2. The number of methoxy groups -OCH3 is 2. The minimum Gasteiger partial charge on any atom is -0.493 e. The molecule has 2 aromatic rings. The van der Waals surface area contributed by atoms with Crippen LogP contribution in [0, 0.1) is 0 Å². The molecule has 2 aromatic carbocycles. The van der Waals surface area contributed by atoms with Gasteiger partial charge in [-0.1, -0.05) is 30.7 Å². The van der Waals surface area contributed by atoms with Crippen molar-refractivity contribution in [1.29, 1.82) is 0 Å². The Morgan fingerprint density at radius 3 is 2.61 bits per heavy atom. The van der Waals surface area contributed by atoms with Crippen LogP contribution in [-0.4, -0.2) is 45.8 Å². The first kappa shape index (κ1) is 24.2. The molecule has 2 N–H and O–H groups in total. The standard InChI is InChI=1S/C23H27ClN2O5/c1-4-12-31-22-18(24)14-16(15-20(22)30-3)9-10-21(27)26-19-8-6-5-7-17(19)23(28)25-11-13-29-2/h5-10,14-15H,4,11-13H2,1-3H3,(H,25,28)(H,26,27)/b10-9+. The van der Waals surface area contributed by atoms with Gasteiger partial charge in [0.05, 0.1) is 36.6 Å². The molecule has 0 saturated heterocycles. The Labute approximate surface area is 187 Å². The maximum Gasteiger partial charge on any atom is 0.253 e. The van der Waals surface area contributed by atoms with Gasteiger partial charge in [-0.3, -0.25) is 9.59 Å². The molecule has 0 bridgehead atoms. The van der Waals surface area contributed by atoms with E-state index >= 15 is 0 Å². The van der Waals surface area contributed by atoms with E-state index in [1.807, 2.05) is 6.92 Å². The molecule has 0 fully saturated rings. The fraction of sp³-hybridized carbons (Fsp3) is 0.304. The van der Waals surface area contributed by atoms with Gasteiger partial charge in [-0.05, 0) is 42.3 Å². The summed E-state index contributed by atoms with van der Waals surface area (Å²) in [7, 11) is 3.08. The second-order valence-corrected chi connectivity index (χ2v) is 6.91. The van der Waals surface area contributed by atoms with Gasteiger partial charge in [0, 0.05) is 19.7 Å². The molecule has 0 aliphatic rings. The topological polar surface area (TPSA) is 85.9 Å². The van der Waals surface area contributed by atoms with E-state index in [4.69, 9.17) is 25.8 Å². The molecule has 0 atom stereocenters. The fourth-order valence-electron chi connectivity index (χ4n) is 2.68. The largest absolute Gasteiger partial charge is 0.493 e. The minimum absolute atomic E-state index is 0.295. The molecule has 166 valence electrons. The van der Waals surface area contributed by atoms with Crippen LogP contribution in [0.5, 0.6) is 11.5 Å². The maximum atomic E-state index is 12.4. The van der Waals surface area contributed by atoms with Gasteiger partial charge in [0.1, 0.15) is 0 Å². The van der Waals surface area contributed by atoms with Gasteiger partial charge < -0.3 is 24.8 Å². The van der Waals surface area contributed by atoms with Crippen molar-refractivity contribution < 1.29 is 23.8 Å². The van der Waals surface area contributed by atoms with E-state index in [0.717, 1.165) is 6.42 Å². The summed E-state index contributed by atoms with van der Waals surface area (Å²) >= 11 is 6.31. The van der Waals surface area contributed by atoms with Gasteiger partial charge >= 0.3 is 0 Å². The van der Waals surface area contributed by atoms with E-state index in [9.17, 15) is 9.59 Å². The van der Waals surface area contributed by atoms with Crippen LogP contribution in [0.4, 0.5) is 5.69 Å². The fourth-order valence-corrected chi connectivity index (χ4v) is 2.95. The first-order valence-electron chi connectivity index (χ1n) is 9.85. The van der Waals surface area contributed by atoms with E-state index in [-0.39, 0.29) is 5.91 Å². The lowest BCUT2D eigenvalue weighted by molar-refractivity contribution is -0.111. The lowest BCUT2D eigenvalue weighted by Crippen LogP contribution is -2.28. The number of halogens is 1. The molecular formula is C23H27ClN2O5. The number of para-hydroxylation sites is 1. The van der Waals surface area contributed by atoms with Gasteiger partial charge in [-0.25, -0.2) is 0 Å². The SMILES string of the molecule is CCCOc1c(Cl)cc(/C=C/C(=O)Nc2ccccc2C(=O)NCCOC)cc1OC. The van der Waals surface area contributed by atoms with E-state index in [2.05, 4.69) is 10.6 Å². The first-order valence-corrected chi connectivity index (χ1v) is 10.2. The van der Waals surface area contributed by atoms with Crippen LogP contribution in [0.3, 0.4) is 0 Å². The number of hydrogen-bond donors (Lipinski definition) is 2. The summed E-state index contributed by atoms with van der Waals surface area (Å²) in [6.07, 6.45) is 3.80. The average molecular weight is 447 g/mol. The van der Waals surface area contributed by atoms with Crippen LogP contribution in [0.15, 0.2) is 42.5 Å². The molecule has 0 aliphatic carbocycles. The Kier molecular flexibility index (Phi) is 9.87. The van der Waals surface area contributed by atoms with E-state index in [0.29, 0.717) is 53.1 Å². The number of rotatable bonds is 11. The van der Waals surface area contributed by atoms with Crippen molar-refractivity contribution in [2.24, 2.45) is 0 Å². The molecule has 2 amide bonds. The van der Waals surface area contributed by atoms with E-state index in [1.165, 1.54) is 13.2 Å². The Morgan fingerprint density at radius 1 is 1.13 bits per heavy atom. The summed E-state index contributed by atoms with van der Waals surface area (Å²) in [5.41, 5.74) is 1.44. The molecule has 0 aliphatic heterocycles. The summed E-state index contributed by atoms with van der Waals surface area (Å²) in [5, 5.41) is 5.86. The molecule has 2 rings (SSSR count). The molecule has 0 aromatic heterocycles. The van der Waals surface area contributed by atoms with Gasteiger partial charge in [-0.2, -0.15) is 0 Å². The van der Waals surface area contributed by atoms with Gasteiger partial charge in [0.2, 0.25) is 5.91 Å².